The van der Waals surface area contributed by atoms with E-state index in [1.807, 2.05) is 20.0 Å². The molecule has 1 aromatic rings. The maximum absolute atomic E-state index is 9.01. The van der Waals surface area contributed by atoms with E-state index in [1.54, 1.807) is 11.3 Å². The van der Waals surface area contributed by atoms with Gasteiger partial charge in [0.15, 0.2) is 5.96 Å². The zero-order valence-corrected chi connectivity index (χ0v) is 15.5. The molecule has 116 valence electrons. The first-order chi connectivity index (χ1) is 9.19. The van der Waals surface area contributed by atoms with Crippen molar-refractivity contribution in [1.29, 1.82) is 0 Å². The summed E-state index contributed by atoms with van der Waals surface area (Å²) in [6, 6.07) is 0. The van der Waals surface area contributed by atoms with E-state index in [2.05, 4.69) is 27.5 Å². The molecule has 7 heteroatoms. The molecule has 1 atom stereocenters. The number of aliphatic imine (C=N–C) groups is 1. The van der Waals surface area contributed by atoms with Gasteiger partial charge in [0, 0.05) is 30.8 Å². The highest BCUT2D eigenvalue weighted by molar-refractivity contribution is 14.0. The van der Waals surface area contributed by atoms with Crippen molar-refractivity contribution in [2.24, 2.45) is 10.9 Å². The van der Waals surface area contributed by atoms with Gasteiger partial charge < -0.3 is 15.7 Å². The first kappa shape index (κ1) is 19.6. The summed E-state index contributed by atoms with van der Waals surface area (Å²) in [4.78, 5) is 10.1. The lowest BCUT2D eigenvalue weighted by Crippen LogP contribution is -2.39. The fraction of sp³-hybridized carbons (Fsp3) is 0.692. The third-order valence-corrected chi connectivity index (χ3v) is 3.72. The summed E-state index contributed by atoms with van der Waals surface area (Å²) in [5, 5.41) is 16.4. The van der Waals surface area contributed by atoms with Crippen molar-refractivity contribution in [3.8, 4) is 0 Å². The molecule has 3 N–H and O–H groups in total. The molecule has 1 unspecified atom stereocenters. The van der Waals surface area contributed by atoms with Crippen LogP contribution in [0.15, 0.2) is 11.2 Å². The number of thiazole rings is 1. The van der Waals surface area contributed by atoms with Crippen molar-refractivity contribution < 1.29 is 5.11 Å². The number of aromatic nitrogens is 1. The van der Waals surface area contributed by atoms with Gasteiger partial charge in [-0.2, -0.15) is 0 Å². The molecule has 1 aromatic heterocycles. The number of nitrogens with one attached hydrogen (secondary N) is 2. The standard InChI is InChI=1S/C13H24N4OS.HI/c1-4-11-7-15-12(19-11)8-17-13(14-5-2)16-6-10(3)9-18;/h7,10,18H,4-6,8-9H2,1-3H3,(H2,14,16,17);1H. The monoisotopic (exact) mass is 412 g/mol. The fourth-order valence-corrected chi connectivity index (χ4v) is 2.20. The van der Waals surface area contributed by atoms with Gasteiger partial charge in [0.2, 0.25) is 0 Å². The Morgan fingerprint density at radius 1 is 1.45 bits per heavy atom. The van der Waals surface area contributed by atoms with Crippen molar-refractivity contribution in [3.05, 3.63) is 16.1 Å². The summed E-state index contributed by atoms with van der Waals surface area (Å²) in [6.07, 6.45) is 2.94. The Morgan fingerprint density at radius 2 is 2.20 bits per heavy atom. The van der Waals surface area contributed by atoms with Crippen LogP contribution in [-0.2, 0) is 13.0 Å². The first-order valence-electron chi connectivity index (χ1n) is 6.76. The summed E-state index contributed by atoms with van der Waals surface area (Å²) in [6.45, 7) is 8.45. The van der Waals surface area contributed by atoms with Crippen molar-refractivity contribution in [3.63, 3.8) is 0 Å². The van der Waals surface area contributed by atoms with Gasteiger partial charge in [0.05, 0.1) is 6.54 Å². The van der Waals surface area contributed by atoms with E-state index in [0.29, 0.717) is 13.1 Å². The Morgan fingerprint density at radius 3 is 2.75 bits per heavy atom. The molecule has 0 saturated heterocycles. The Bertz CT molecular complexity index is 397. The molecule has 0 radical (unpaired) electrons. The molecule has 0 aromatic carbocycles. The van der Waals surface area contributed by atoms with Crippen molar-refractivity contribution in [2.45, 2.75) is 33.7 Å². The topological polar surface area (TPSA) is 69.5 Å². The third kappa shape index (κ3) is 7.39. The molecule has 0 bridgehead atoms. The van der Waals surface area contributed by atoms with Crippen LogP contribution in [0, 0.1) is 5.92 Å². The Balaban J connectivity index is 0.00000361. The predicted molar refractivity (Wildman–Crippen MR) is 96.0 cm³/mol. The lowest BCUT2D eigenvalue weighted by atomic mass is 10.2. The van der Waals surface area contributed by atoms with Crippen LogP contribution in [0.25, 0.3) is 0 Å². The first-order valence-corrected chi connectivity index (χ1v) is 7.57. The fourth-order valence-electron chi connectivity index (χ4n) is 1.41. The number of aliphatic hydroxyl groups excluding tert-OH is 1. The van der Waals surface area contributed by atoms with Crippen molar-refractivity contribution >= 4 is 41.3 Å². The van der Waals surface area contributed by atoms with E-state index in [0.717, 1.165) is 23.9 Å². The number of nitrogens with zero attached hydrogens (tertiary/aromatic N) is 2. The Kier molecular flexibility index (Phi) is 11.0. The molecule has 0 amide bonds. The van der Waals surface area contributed by atoms with E-state index in [1.165, 1.54) is 4.88 Å². The minimum atomic E-state index is 0. The molecular weight excluding hydrogens is 387 g/mol. The number of halogens is 1. The van der Waals surface area contributed by atoms with Crippen LogP contribution in [0.3, 0.4) is 0 Å². The minimum Gasteiger partial charge on any atom is -0.396 e. The summed E-state index contributed by atoms with van der Waals surface area (Å²) in [5.74, 6) is 0.992. The lowest BCUT2D eigenvalue weighted by molar-refractivity contribution is 0.238. The summed E-state index contributed by atoms with van der Waals surface area (Å²) < 4.78 is 0. The molecule has 0 aliphatic carbocycles. The molecule has 1 rings (SSSR count). The van der Waals surface area contributed by atoms with Gasteiger partial charge in [-0.1, -0.05) is 13.8 Å². The number of aryl methyl sites for hydroxylation is 1. The van der Waals surface area contributed by atoms with Crippen LogP contribution in [0.5, 0.6) is 0 Å². The van der Waals surface area contributed by atoms with Crippen LogP contribution in [0.2, 0.25) is 0 Å². The van der Waals surface area contributed by atoms with Crippen LogP contribution < -0.4 is 10.6 Å². The SMILES string of the molecule is CCNC(=NCc1ncc(CC)s1)NCC(C)CO.I. The van der Waals surface area contributed by atoms with E-state index in [4.69, 9.17) is 5.11 Å². The maximum Gasteiger partial charge on any atom is 0.191 e. The largest absolute Gasteiger partial charge is 0.396 e. The van der Waals surface area contributed by atoms with Crippen LogP contribution >= 0.6 is 35.3 Å². The van der Waals surface area contributed by atoms with E-state index in [9.17, 15) is 0 Å². The highest BCUT2D eigenvalue weighted by Crippen LogP contribution is 2.13. The average molecular weight is 412 g/mol. The van der Waals surface area contributed by atoms with Gasteiger partial charge in [-0.15, -0.1) is 35.3 Å². The number of rotatable bonds is 7. The van der Waals surface area contributed by atoms with Gasteiger partial charge in [-0.05, 0) is 19.3 Å². The second-order valence-corrected chi connectivity index (χ2v) is 5.64. The van der Waals surface area contributed by atoms with Gasteiger partial charge >= 0.3 is 0 Å². The van der Waals surface area contributed by atoms with Gasteiger partial charge in [0.1, 0.15) is 5.01 Å². The van der Waals surface area contributed by atoms with E-state index < -0.39 is 0 Å². The van der Waals surface area contributed by atoms with E-state index in [-0.39, 0.29) is 36.5 Å². The predicted octanol–water partition coefficient (Wildman–Crippen LogP) is 2.01. The number of guanidine groups is 1. The number of hydrogen-bond acceptors (Lipinski definition) is 4. The quantitative estimate of drug-likeness (QED) is 0.364. The van der Waals surface area contributed by atoms with Crippen molar-refractivity contribution in [1.82, 2.24) is 15.6 Å². The highest BCUT2D eigenvalue weighted by Gasteiger charge is 2.03. The zero-order chi connectivity index (χ0) is 14.1. The smallest absolute Gasteiger partial charge is 0.191 e. The molecule has 5 nitrogen and oxygen atoms in total. The normalized spacial score (nSPS) is 12.7. The highest BCUT2D eigenvalue weighted by atomic mass is 127. The van der Waals surface area contributed by atoms with Crippen LogP contribution in [0.4, 0.5) is 0 Å². The summed E-state index contributed by atoms with van der Waals surface area (Å²) >= 11 is 1.71. The molecule has 0 spiro atoms. The number of hydrogen-bond donors (Lipinski definition) is 3. The molecular formula is C13H25IN4OS. The molecule has 0 saturated carbocycles. The zero-order valence-electron chi connectivity index (χ0n) is 12.3. The second kappa shape index (κ2) is 11.3. The Hall–Kier alpha value is -0.410. The maximum atomic E-state index is 9.01. The average Bonchev–Trinajstić information content (AvgIpc) is 2.89. The Labute approximate surface area is 142 Å². The van der Waals surface area contributed by atoms with E-state index >= 15 is 0 Å². The minimum absolute atomic E-state index is 0. The molecule has 20 heavy (non-hydrogen) atoms. The van der Waals surface area contributed by atoms with Crippen LogP contribution in [0.1, 0.15) is 30.7 Å². The lowest BCUT2D eigenvalue weighted by Gasteiger charge is -2.13. The van der Waals surface area contributed by atoms with Gasteiger partial charge in [-0.3, -0.25) is 0 Å². The summed E-state index contributed by atoms with van der Waals surface area (Å²) in [7, 11) is 0. The molecule has 0 aliphatic heterocycles. The van der Waals surface area contributed by atoms with Crippen molar-refractivity contribution in [2.75, 3.05) is 19.7 Å². The second-order valence-electron chi connectivity index (χ2n) is 4.44. The molecule has 0 fully saturated rings. The van der Waals surface area contributed by atoms with Gasteiger partial charge in [0.25, 0.3) is 0 Å². The molecule has 1 heterocycles. The summed E-state index contributed by atoms with van der Waals surface area (Å²) in [5.41, 5.74) is 0. The molecule has 0 aliphatic rings. The van der Waals surface area contributed by atoms with Gasteiger partial charge in [-0.25, -0.2) is 9.98 Å². The van der Waals surface area contributed by atoms with Crippen LogP contribution in [-0.4, -0.2) is 35.7 Å². The third-order valence-electron chi connectivity index (χ3n) is 2.60. The number of aliphatic hydroxyl groups is 1.